The number of benzene rings is 1. The number of likely N-dealkylation sites (N-methyl/N-ethyl adjacent to an activating group) is 2. The molecule has 3 aliphatic heterocycles. The lowest BCUT2D eigenvalue weighted by atomic mass is 9.73. The van der Waals surface area contributed by atoms with Gasteiger partial charge in [-0.1, -0.05) is 44.0 Å². The van der Waals surface area contributed by atoms with Crippen LogP contribution in [-0.2, 0) is 41.5 Å². The van der Waals surface area contributed by atoms with Gasteiger partial charge in [-0.25, -0.2) is 0 Å². The normalized spacial score (nSPS) is 35.4. The Hall–Kier alpha value is -2.36. The third kappa shape index (κ3) is 9.12. The summed E-state index contributed by atoms with van der Waals surface area (Å²) < 4.78 is 24.9. The number of aliphatic hydroxyl groups is 1. The fourth-order valence-corrected chi connectivity index (χ4v) is 8.06. The maximum absolute atomic E-state index is 14.3. The van der Waals surface area contributed by atoms with E-state index >= 15 is 0 Å². The van der Waals surface area contributed by atoms with Crippen molar-refractivity contribution in [2.75, 3.05) is 54.5 Å². The summed E-state index contributed by atoms with van der Waals surface area (Å²) in [5.41, 5.74) is -0.000728. The third-order valence-electron chi connectivity index (χ3n) is 11.1. The van der Waals surface area contributed by atoms with Crippen LogP contribution in [0.5, 0.6) is 0 Å². The zero-order valence-electron chi connectivity index (χ0n) is 31.3. The molecule has 274 valence electrons. The highest BCUT2D eigenvalue weighted by Gasteiger charge is 2.52. The van der Waals surface area contributed by atoms with Crippen LogP contribution in [-0.4, -0.2) is 128 Å². The predicted octanol–water partition coefficient (Wildman–Crippen LogP) is 3.77. The summed E-state index contributed by atoms with van der Waals surface area (Å²) in [5.74, 6) is 1.05. The van der Waals surface area contributed by atoms with Crippen LogP contribution in [0.1, 0.15) is 71.4 Å². The van der Waals surface area contributed by atoms with E-state index in [4.69, 9.17) is 25.4 Å². The van der Waals surface area contributed by atoms with Crippen molar-refractivity contribution in [1.29, 1.82) is 0 Å². The summed E-state index contributed by atoms with van der Waals surface area (Å²) in [6.45, 7) is 12.7. The molecule has 1 aromatic carbocycles. The van der Waals surface area contributed by atoms with Crippen molar-refractivity contribution in [3.63, 3.8) is 0 Å². The van der Waals surface area contributed by atoms with Crippen LogP contribution >= 0.6 is 0 Å². The number of ether oxygens (including phenoxy) is 4. The summed E-state index contributed by atoms with van der Waals surface area (Å²) in [6, 6.07) is 8.38. The number of cyclic esters (lactones) is 1. The number of fused-ring (bicyclic) bond motifs is 1. The first kappa shape index (κ1) is 39.4. The van der Waals surface area contributed by atoms with Gasteiger partial charge < -0.3 is 29.0 Å². The number of esters is 1. The molecule has 0 bridgehead atoms. The van der Waals surface area contributed by atoms with Crippen LogP contribution in [0.2, 0.25) is 0 Å². The van der Waals surface area contributed by atoms with E-state index in [1.165, 1.54) is 18.2 Å². The molecule has 2 fully saturated rings. The minimum atomic E-state index is -1.48. The van der Waals surface area contributed by atoms with Gasteiger partial charge in [0.2, 0.25) is 0 Å². The average Bonchev–Trinajstić information content (AvgIpc) is 3.07. The Kier molecular flexibility index (Phi) is 13.5. The molecule has 10 nitrogen and oxygen atoms in total. The second-order valence-electron chi connectivity index (χ2n) is 15.6. The molecule has 0 spiro atoms. The minimum absolute atomic E-state index is 0.0191. The quantitative estimate of drug-likeness (QED) is 0.248. The molecule has 0 amide bonds. The van der Waals surface area contributed by atoms with Crippen molar-refractivity contribution in [2.24, 2.45) is 17.3 Å². The molecule has 0 radical (unpaired) electrons. The van der Waals surface area contributed by atoms with E-state index in [0.29, 0.717) is 19.4 Å². The number of terminal acetylenes is 1. The van der Waals surface area contributed by atoms with Crippen LogP contribution in [0.4, 0.5) is 0 Å². The Labute approximate surface area is 294 Å². The Bertz CT molecular complexity index is 1310. The summed E-state index contributed by atoms with van der Waals surface area (Å²) in [6.07, 6.45) is 6.86. The predicted molar refractivity (Wildman–Crippen MR) is 190 cm³/mol. The maximum atomic E-state index is 14.3. The van der Waals surface area contributed by atoms with Gasteiger partial charge in [0.1, 0.15) is 24.2 Å². The molecule has 1 aromatic rings. The van der Waals surface area contributed by atoms with E-state index in [0.717, 1.165) is 38.9 Å². The number of methoxy groups -OCH3 is 1. The van der Waals surface area contributed by atoms with Gasteiger partial charge in [0, 0.05) is 44.7 Å². The molecule has 0 aromatic heterocycles. The van der Waals surface area contributed by atoms with E-state index < -0.39 is 41.4 Å². The molecule has 0 saturated carbocycles. The van der Waals surface area contributed by atoms with Gasteiger partial charge in [-0.05, 0) is 97.6 Å². The smallest absolute Gasteiger partial charge is 0.319 e. The van der Waals surface area contributed by atoms with E-state index in [-0.39, 0.29) is 36.5 Å². The molecule has 0 aliphatic carbocycles. The Morgan fingerprint density at radius 2 is 1.84 bits per heavy atom. The molecule has 2 saturated heterocycles. The molecular formula is C39H61N3O7. The van der Waals surface area contributed by atoms with Crippen molar-refractivity contribution < 1.29 is 33.6 Å². The molecular weight excluding hydrogens is 622 g/mol. The van der Waals surface area contributed by atoms with E-state index in [1.807, 2.05) is 25.9 Å². The van der Waals surface area contributed by atoms with Crippen LogP contribution in [0.3, 0.4) is 0 Å². The number of nitrogens with zero attached hydrogens (tertiary/aromatic N) is 3. The lowest BCUT2D eigenvalue weighted by Crippen LogP contribution is -2.60. The monoisotopic (exact) mass is 683 g/mol. The van der Waals surface area contributed by atoms with Crippen LogP contribution in [0.25, 0.3) is 0 Å². The van der Waals surface area contributed by atoms with Gasteiger partial charge in [-0.3, -0.25) is 19.4 Å². The number of hydrogen-bond donors (Lipinski definition) is 1. The number of rotatable bonds is 8. The van der Waals surface area contributed by atoms with Crippen LogP contribution in [0, 0.1) is 29.6 Å². The van der Waals surface area contributed by atoms with Gasteiger partial charge >= 0.3 is 5.97 Å². The Morgan fingerprint density at radius 3 is 2.49 bits per heavy atom. The average molecular weight is 684 g/mol. The topological polar surface area (TPSA) is 101 Å². The zero-order valence-corrected chi connectivity index (χ0v) is 31.3. The number of ketones is 1. The highest BCUT2D eigenvalue weighted by atomic mass is 16.7. The molecule has 9 atom stereocenters. The van der Waals surface area contributed by atoms with Crippen LogP contribution in [0.15, 0.2) is 24.3 Å². The highest BCUT2D eigenvalue weighted by Crippen LogP contribution is 2.38. The van der Waals surface area contributed by atoms with Gasteiger partial charge in [0.05, 0.1) is 6.10 Å². The van der Waals surface area contributed by atoms with Crippen molar-refractivity contribution in [3.8, 4) is 12.3 Å². The van der Waals surface area contributed by atoms with Crippen molar-refractivity contribution in [3.05, 3.63) is 35.4 Å². The molecule has 0 unspecified atom stereocenters. The molecule has 1 N–H and O–H groups in total. The minimum Gasteiger partial charge on any atom is -0.463 e. The molecule has 3 heterocycles. The lowest BCUT2D eigenvalue weighted by molar-refractivity contribution is -0.291. The zero-order chi connectivity index (χ0) is 36.1. The van der Waals surface area contributed by atoms with Gasteiger partial charge in [-0.15, -0.1) is 6.42 Å². The number of carbonyl (C=O) groups is 2. The first-order valence-corrected chi connectivity index (χ1v) is 18.0. The molecule has 3 aliphatic rings. The first-order valence-electron chi connectivity index (χ1n) is 18.0. The third-order valence-corrected chi connectivity index (χ3v) is 11.1. The standard InChI is InChI=1S/C39H61N3O7/c1-11-39(46-10)22-26(2)23-41(9)31(17-14-19-42-20-18-29-15-12-13-16-30(29)24-42)25-47-37(45)38(5,6)34(44)28(4)35(39)49-36-33(43)32(40(7)8)21-27(3)48-36/h1,12-13,15-16,26-28,31-33,35-36,43H,14,17-25H2,2-10H3/t26-,27-,28+,31+,32+,33-,35-,36+,39-/m1/s1. The summed E-state index contributed by atoms with van der Waals surface area (Å²) in [5, 5.41) is 11.4. The van der Waals surface area contributed by atoms with Crippen molar-refractivity contribution in [1.82, 2.24) is 14.7 Å². The molecule has 49 heavy (non-hydrogen) atoms. The number of Topliss-reactive ketones (excluding diaryl/α,β-unsaturated/α-hetero) is 1. The van der Waals surface area contributed by atoms with Crippen molar-refractivity contribution in [2.45, 2.75) is 116 Å². The van der Waals surface area contributed by atoms with Crippen LogP contribution < -0.4 is 0 Å². The van der Waals surface area contributed by atoms with Gasteiger partial charge in [-0.2, -0.15) is 0 Å². The summed E-state index contributed by atoms with van der Waals surface area (Å²) in [4.78, 5) is 34.7. The van der Waals surface area contributed by atoms with Crippen molar-refractivity contribution >= 4 is 11.8 Å². The van der Waals surface area contributed by atoms with E-state index in [2.05, 4.69) is 54.0 Å². The second-order valence-corrected chi connectivity index (χ2v) is 15.6. The second kappa shape index (κ2) is 16.8. The lowest BCUT2D eigenvalue weighted by Gasteiger charge is -2.46. The maximum Gasteiger partial charge on any atom is 0.319 e. The first-order chi connectivity index (χ1) is 23.1. The number of hydrogen-bond acceptors (Lipinski definition) is 10. The largest absolute Gasteiger partial charge is 0.463 e. The SMILES string of the molecule is C#C[C@@]1(OC)C[C@@H](C)CN(C)[C@@H](CCCN2CCc3ccccc3C2)COC(=O)C(C)(C)C(=O)[C@H](C)[C@H]1O[C@@H]1O[C@H](C)C[C@H](N(C)C)[C@H]1O. The summed E-state index contributed by atoms with van der Waals surface area (Å²) in [7, 11) is 7.40. The molecule has 10 heteroatoms. The number of carbonyl (C=O) groups excluding carboxylic acids is 2. The fourth-order valence-electron chi connectivity index (χ4n) is 8.06. The Morgan fingerprint density at radius 1 is 1.14 bits per heavy atom. The highest BCUT2D eigenvalue weighted by molar-refractivity contribution is 6.04. The van der Waals surface area contributed by atoms with E-state index in [9.17, 15) is 14.7 Å². The fraction of sp³-hybridized carbons (Fsp3) is 0.744. The van der Waals surface area contributed by atoms with E-state index in [1.54, 1.807) is 20.8 Å². The van der Waals surface area contributed by atoms with Gasteiger partial charge in [0.25, 0.3) is 0 Å². The molecule has 4 rings (SSSR count). The Balaban J connectivity index is 1.57. The van der Waals surface area contributed by atoms with Gasteiger partial charge in [0.15, 0.2) is 17.7 Å². The summed E-state index contributed by atoms with van der Waals surface area (Å²) >= 11 is 0. The number of aliphatic hydroxyl groups excluding tert-OH is 1.